The summed E-state index contributed by atoms with van der Waals surface area (Å²) in [5.41, 5.74) is 1.14. The fourth-order valence-corrected chi connectivity index (χ4v) is 4.52. The van der Waals surface area contributed by atoms with E-state index in [1.165, 1.54) is 25.1 Å². The summed E-state index contributed by atoms with van der Waals surface area (Å²) >= 11 is 0. The fraction of sp³-hybridized carbons (Fsp3) is 0.345. The second-order valence-electron chi connectivity index (χ2n) is 9.87. The van der Waals surface area contributed by atoms with Gasteiger partial charge >= 0.3 is 6.18 Å². The van der Waals surface area contributed by atoms with Crippen molar-refractivity contribution in [2.45, 2.75) is 44.6 Å². The number of hydrogen-bond donors (Lipinski definition) is 3. The van der Waals surface area contributed by atoms with E-state index in [4.69, 9.17) is 4.42 Å². The summed E-state index contributed by atoms with van der Waals surface area (Å²) in [6.45, 7) is 1.44. The highest BCUT2D eigenvalue weighted by molar-refractivity contribution is 5.97. The minimum atomic E-state index is -4.66. The van der Waals surface area contributed by atoms with E-state index >= 15 is 0 Å². The Bertz CT molecular complexity index is 1380. The molecule has 0 radical (unpaired) electrons. The Morgan fingerprint density at radius 2 is 1.76 bits per heavy atom. The Morgan fingerprint density at radius 1 is 1.00 bits per heavy atom. The van der Waals surface area contributed by atoms with Crippen molar-refractivity contribution in [3.05, 3.63) is 94.7 Å². The Hall–Kier alpha value is -4.19. The van der Waals surface area contributed by atoms with Gasteiger partial charge in [-0.1, -0.05) is 36.4 Å². The first kappa shape index (κ1) is 29.8. The first-order chi connectivity index (χ1) is 19.5. The maximum atomic E-state index is 14.5. The van der Waals surface area contributed by atoms with Crippen molar-refractivity contribution in [3.63, 3.8) is 0 Å². The number of aryl methyl sites for hydroxylation is 1. The van der Waals surface area contributed by atoms with Crippen molar-refractivity contribution >= 4 is 17.7 Å². The summed E-state index contributed by atoms with van der Waals surface area (Å²) in [5.74, 6) is -3.58. The summed E-state index contributed by atoms with van der Waals surface area (Å²) in [6, 6.07) is 13.2. The number of halogens is 4. The van der Waals surface area contributed by atoms with E-state index in [9.17, 15) is 31.9 Å². The second kappa shape index (κ2) is 13.0. The number of alkyl halides is 3. The van der Waals surface area contributed by atoms with Gasteiger partial charge in [-0.15, -0.1) is 0 Å². The largest absolute Gasteiger partial charge is 0.455 e. The first-order valence-corrected chi connectivity index (χ1v) is 13.1. The van der Waals surface area contributed by atoms with Crippen LogP contribution >= 0.6 is 0 Å². The predicted molar refractivity (Wildman–Crippen MR) is 141 cm³/mol. The van der Waals surface area contributed by atoms with Crippen LogP contribution in [-0.2, 0) is 28.7 Å². The number of furan rings is 1. The molecule has 2 atom stereocenters. The van der Waals surface area contributed by atoms with Gasteiger partial charge in [-0.2, -0.15) is 13.2 Å². The van der Waals surface area contributed by atoms with Crippen molar-refractivity contribution < 1.29 is 36.4 Å². The summed E-state index contributed by atoms with van der Waals surface area (Å²) in [4.78, 5) is 40.5. The average molecular weight is 575 g/mol. The highest BCUT2D eigenvalue weighted by Crippen LogP contribution is 2.31. The molecule has 8 nitrogen and oxygen atoms in total. The van der Waals surface area contributed by atoms with Crippen LogP contribution in [0.25, 0.3) is 0 Å². The number of benzene rings is 2. The zero-order chi connectivity index (χ0) is 29.6. The molecule has 1 aliphatic rings. The summed E-state index contributed by atoms with van der Waals surface area (Å²) < 4.78 is 58.8. The molecule has 3 N–H and O–H groups in total. The van der Waals surface area contributed by atoms with Gasteiger partial charge in [0.2, 0.25) is 17.6 Å². The smallest absolute Gasteiger partial charge is 0.449 e. The molecule has 2 bridgehead atoms. The van der Waals surface area contributed by atoms with Crippen molar-refractivity contribution in [1.29, 1.82) is 0 Å². The van der Waals surface area contributed by atoms with Crippen LogP contribution in [0.1, 0.15) is 52.4 Å². The molecule has 0 spiro atoms. The van der Waals surface area contributed by atoms with Crippen LogP contribution < -0.4 is 16.0 Å². The van der Waals surface area contributed by atoms with E-state index in [1.807, 2.05) is 0 Å². The molecule has 1 aromatic heterocycles. The van der Waals surface area contributed by atoms with E-state index in [-0.39, 0.29) is 43.4 Å². The maximum Gasteiger partial charge on any atom is 0.449 e. The lowest BCUT2D eigenvalue weighted by Gasteiger charge is -2.28. The molecule has 12 heteroatoms. The molecular formula is C29H30F4N4O4. The van der Waals surface area contributed by atoms with E-state index < -0.39 is 41.7 Å². The van der Waals surface area contributed by atoms with E-state index in [1.54, 1.807) is 41.3 Å². The van der Waals surface area contributed by atoms with Gasteiger partial charge < -0.3 is 20.4 Å². The molecular weight excluding hydrogens is 544 g/mol. The zero-order valence-corrected chi connectivity index (χ0v) is 22.3. The minimum absolute atomic E-state index is 0.00362. The van der Waals surface area contributed by atoms with E-state index in [0.717, 1.165) is 6.07 Å². The van der Waals surface area contributed by atoms with Crippen LogP contribution in [0.15, 0.2) is 65.1 Å². The normalized spacial score (nSPS) is 20.1. The van der Waals surface area contributed by atoms with Crippen LogP contribution in [0.5, 0.6) is 0 Å². The molecule has 218 valence electrons. The SMILES string of the molecule is C[C@H]1NC(=O)c2cc(ccc2F)CCCNC(=O)CN(Cc2ccc(C(F)(F)F)o2)C[C@H](c2ccccc2)NC1=O. The van der Waals surface area contributed by atoms with E-state index in [2.05, 4.69) is 16.0 Å². The molecule has 0 saturated heterocycles. The second-order valence-corrected chi connectivity index (χ2v) is 9.87. The number of fused-ring (bicyclic) bond motifs is 2. The quantitative estimate of drug-likeness (QED) is 0.411. The minimum Gasteiger partial charge on any atom is -0.455 e. The Kier molecular flexibility index (Phi) is 9.43. The fourth-order valence-electron chi connectivity index (χ4n) is 4.52. The molecule has 2 heterocycles. The van der Waals surface area contributed by atoms with Crippen LogP contribution in [0.4, 0.5) is 17.6 Å². The molecule has 0 unspecified atom stereocenters. The molecule has 1 aliphatic heterocycles. The lowest BCUT2D eigenvalue weighted by atomic mass is 10.0. The van der Waals surface area contributed by atoms with Gasteiger partial charge in [0.1, 0.15) is 17.6 Å². The Balaban J connectivity index is 1.63. The van der Waals surface area contributed by atoms with Crippen molar-refractivity contribution in [1.82, 2.24) is 20.9 Å². The standard InChI is InChI=1S/C29H30F4N4O4/c1-18-27(39)36-24(20-7-3-2-4-8-20)16-37(15-21-10-12-25(41-21)29(31,32)33)17-26(38)34-13-5-6-19-9-11-23(30)22(14-19)28(40)35-18/h2-4,7-12,14,18,24H,5-6,13,15-17H2,1H3,(H,34,38)(H,35,40)(H,36,39)/t18-,24-/m1/s1. The van der Waals surface area contributed by atoms with Crippen LogP contribution in [0.3, 0.4) is 0 Å². The van der Waals surface area contributed by atoms with Gasteiger partial charge in [0.05, 0.1) is 24.7 Å². The third-order valence-corrected chi connectivity index (χ3v) is 6.63. The molecule has 3 aromatic rings. The monoisotopic (exact) mass is 574 g/mol. The summed E-state index contributed by atoms with van der Waals surface area (Å²) in [5, 5.41) is 8.16. The number of carbonyl (C=O) groups is 3. The molecule has 3 amide bonds. The molecule has 0 aliphatic carbocycles. The van der Waals surface area contributed by atoms with Gasteiger partial charge in [-0.25, -0.2) is 4.39 Å². The van der Waals surface area contributed by atoms with Crippen molar-refractivity contribution in [3.8, 4) is 0 Å². The molecule has 0 saturated carbocycles. The third kappa shape index (κ3) is 8.16. The van der Waals surface area contributed by atoms with Gasteiger partial charge in [0.15, 0.2) is 0 Å². The highest BCUT2D eigenvalue weighted by Gasteiger charge is 2.35. The number of rotatable bonds is 3. The first-order valence-electron chi connectivity index (χ1n) is 13.1. The zero-order valence-electron chi connectivity index (χ0n) is 22.3. The van der Waals surface area contributed by atoms with Gasteiger partial charge in [0.25, 0.3) is 5.91 Å². The number of nitrogens with zero attached hydrogens (tertiary/aromatic N) is 1. The lowest BCUT2D eigenvalue weighted by Crippen LogP contribution is -2.48. The topological polar surface area (TPSA) is 104 Å². The summed E-state index contributed by atoms with van der Waals surface area (Å²) in [6.07, 6.45) is -3.72. The van der Waals surface area contributed by atoms with Crippen LogP contribution in [0, 0.1) is 5.82 Å². The summed E-state index contributed by atoms with van der Waals surface area (Å²) in [7, 11) is 0. The maximum absolute atomic E-state index is 14.5. The van der Waals surface area contributed by atoms with Crippen LogP contribution in [-0.4, -0.2) is 48.3 Å². The Morgan fingerprint density at radius 3 is 2.46 bits per heavy atom. The number of nitrogens with one attached hydrogen (secondary N) is 3. The third-order valence-electron chi connectivity index (χ3n) is 6.63. The number of carbonyl (C=O) groups excluding carboxylic acids is 3. The van der Waals surface area contributed by atoms with E-state index in [0.29, 0.717) is 24.0 Å². The van der Waals surface area contributed by atoms with Crippen molar-refractivity contribution in [2.24, 2.45) is 0 Å². The Labute approximate surface area is 234 Å². The highest BCUT2D eigenvalue weighted by atomic mass is 19.4. The lowest BCUT2D eigenvalue weighted by molar-refractivity contribution is -0.153. The van der Waals surface area contributed by atoms with Gasteiger partial charge in [-0.05, 0) is 55.2 Å². The molecule has 2 aromatic carbocycles. The number of amides is 3. The molecule has 41 heavy (non-hydrogen) atoms. The molecule has 4 rings (SSSR count). The number of hydrogen-bond acceptors (Lipinski definition) is 5. The van der Waals surface area contributed by atoms with Gasteiger partial charge in [-0.3, -0.25) is 19.3 Å². The van der Waals surface area contributed by atoms with Crippen molar-refractivity contribution in [2.75, 3.05) is 19.6 Å². The van der Waals surface area contributed by atoms with Gasteiger partial charge in [0, 0.05) is 13.1 Å². The predicted octanol–water partition coefficient (Wildman–Crippen LogP) is 3.98. The molecule has 0 fully saturated rings. The van der Waals surface area contributed by atoms with Crippen LogP contribution in [0.2, 0.25) is 0 Å². The average Bonchev–Trinajstić information content (AvgIpc) is 3.40.